The van der Waals surface area contributed by atoms with Crippen molar-refractivity contribution < 1.29 is 22.4 Å². The molecule has 1 aliphatic rings. The summed E-state index contributed by atoms with van der Waals surface area (Å²) in [6, 6.07) is 8.72. The molecule has 11 heteroatoms. The lowest BCUT2D eigenvalue weighted by Crippen LogP contribution is -2.43. The second kappa shape index (κ2) is 10.4. The molecule has 8 nitrogen and oxygen atoms in total. The van der Waals surface area contributed by atoms with Crippen LogP contribution in [-0.2, 0) is 14.8 Å². The summed E-state index contributed by atoms with van der Waals surface area (Å²) in [6.45, 7) is 5.04. The van der Waals surface area contributed by atoms with Crippen molar-refractivity contribution in [2.75, 3.05) is 36.8 Å². The second-order valence-electron chi connectivity index (χ2n) is 7.37. The van der Waals surface area contributed by atoms with Gasteiger partial charge in [0.15, 0.2) is 0 Å². The number of para-hydroxylation sites is 1. The highest BCUT2D eigenvalue weighted by atomic mass is 32.2. The molecule has 0 atom stereocenters. The molecule has 0 radical (unpaired) electrons. The van der Waals surface area contributed by atoms with E-state index in [1.54, 1.807) is 36.9 Å². The topological polar surface area (TPSA) is 98.8 Å². The number of anilines is 2. The van der Waals surface area contributed by atoms with E-state index in [2.05, 4.69) is 10.6 Å². The number of likely N-dealkylation sites (tertiary alicyclic amines) is 1. The van der Waals surface area contributed by atoms with Crippen molar-refractivity contribution in [2.45, 2.75) is 30.9 Å². The number of amides is 3. The summed E-state index contributed by atoms with van der Waals surface area (Å²) in [5, 5.41) is 5.79. The molecule has 0 spiro atoms. The van der Waals surface area contributed by atoms with Gasteiger partial charge in [0.1, 0.15) is 10.0 Å². The highest BCUT2D eigenvalue weighted by Gasteiger charge is 2.29. The normalized spacial score (nSPS) is 15.1. The molecule has 1 aromatic carbocycles. The number of hydrogen-bond acceptors (Lipinski definition) is 5. The third kappa shape index (κ3) is 5.45. The van der Waals surface area contributed by atoms with Crippen molar-refractivity contribution >= 4 is 44.0 Å². The van der Waals surface area contributed by atoms with Crippen LogP contribution in [0.1, 0.15) is 26.7 Å². The smallest absolute Gasteiger partial charge is 0.322 e. The van der Waals surface area contributed by atoms with Crippen LogP contribution in [0.4, 0.5) is 19.9 Å². The average Bonchev–Trinajstić information content (AvgIpc) is 3.25. The van der Waals surface area contributed by atoms with Crippen LogP contribution in [0.2, 0.25) is 0 Å². The summed E-state index contributed by atoms with van der Waals surface area (Å²) in [6.07, 6.45) is 0.916. The van der Waals surface area contributed by atoms with Crippen LogP contribution in [-0.4, -0.2) is 55.7 Å². The van der Waals surface area contributed by atoms with Crippen LogP contribution in [0.15, 0.2) is 40.6 Å². The van der Waals surface area contributed by atoms with Gasteiger partial charge in [-0.25, -0.2) is 17.6 Å². The first kappa shape index (κ1) is 24.1. The lowest BCUT2D eigenvalue weighted by Gasteiger charge is -2.31. The lowest BCUT2D eigenvalue weighted by molar-refractivity contribution is -0.121. The van der Waals surface area contributed by atoms with Gasteiger partial charge in [-0.15, -0.1) is 11.3 Å². The van der Waals surface area contributed by atoms with Crippen LogP contribution < -0.4 is 10.6 Å². The van der Waals surface area contributed by atoms with Gasteiger partial charge in [-0.2, -0.15) is 4.31 Å². The molecule has 1 saturated heterocycles. The number of hydrogen-bond donors (Lipinski definition) is 2. The van der Waals surface area contributed by atoms with Crippen molar-refractivity contribution in [3.63, 3.8) is 0 Å². The second-order valence-corrected chi connectivity index (χ2v) is 10.6. The Morgan fingerprint density at radius 3 is 2.38 bits per heavy atom. The zero-order chi connectivity index (χ0) is 23.3. The minimum absolute atomic E-state index is 0.144. The quantitative estimate of drug-likeness (QED) is 0.627. The molecule has 1 aliphatic heterocycles. The van der Waals surface area contributed by atoms with Crippen molar-refractivity contribution in [1.29, 1.82) is 0 Å². The molecule has 2 heterocycles. The first-order valence-corrected chi connectivity index (χ1v) is 12.7. The van der Waals surface area contributed by atoms with E-state index in [0.29, 0.717) is 44.0 Å². The number of rotatable bonds is 7. The minimum Gasteiger partial charge on any atom is -0.324 e. The van der Waals surface area contributed by atoms with Crippen LogP contribution in [0.5, 0.6) is 0 Å². The fourth-order valence-corrected chi connectivity index (χ4v) is 6.35. The molecule has 3 rings (SSSR count). The van der Waals surface area contributed by atoms with Gasteiger partial charge < -0.3 is 10.2 Å². The Bertz CT molecular complexity index is 1060. The summed E-state index contributed by atoms with van der Waals surface area (Å²) in [7, 11) is -3.57. The first-order valence-electron chi connectivity index (χ1n) is 10.5. The van der Waals surface area contributed by atoms with Crippen LogP contribution in [0.25, 0.3) is 0 Å². The average molecular weight is 483 g/mol. The maximum Gasteiger partial charge on any atom is 0.322 e. The van der Waals surface area contributed by atoms with Gasteiger partial charge in [-0.1, -0.05) is 26.0 Å². The maximum atomic E-state index is 13.7. The van der Waals surface area contributed by atoms with Gasteiger partial charge in [-0.05, 0) is 37.1 Å². The molecule has 0 bridgehead atoms. The van der Waals surface area contributed by atoms with Crippen LogP contribution >= 0.6 is 11.3 Å². The van der Waals surface area contributed by atoms with E-state index < -0.39 is 15.8 Å². The molecule has 3 amide bonds. The third-order valence-electron chi connectivity index (χ3n) is 5.40. The molecule has 1 fully saturated rings. The van der Waals surface area contributed by atoms with E-state index in [1.807, 2.05) is 0 Å². The molecule has 32 heavy (non-hydrogen) atoms. The molecule has 1 aromatic heterocycles. The minimum atomic E-state index is -3.57. The zero-order valence-corrected chi connectivity index (χ0v) is 19.6. The van der Waals surface area contributed by atoms with Gasteiger partial charge >= 0.3 is 6.03 Å². The van der Waals surface area contributed by atoms with Crippen LogP contribution in [0, 0.1) is 11.7 Å². The van der Waals surface area contributed by atoms with Gasteiger partial charge in [0, 0.05) is 32.1 Å². The van der Waals surface area contributed by atoms with E-state index in [0.717, 1.165) is 11.3 Å². The Balaban J connectivity index is 1.53. The molecule has 0 saturated carbocycles. The highest BCUT2D eigenvalue weighted by molar-refractivity contribution is 7.91. The predicted molar refractivity (Wildman–Crippen MR) is 123 cm³/mol. The fourth-order valence-electron chi connectivity index (χ4n) is 3.54. The Hall–Kier alpha value is -2.50. The Morgan fingerprint density at radius 1 is 1.09 bits per heavy atom. The number of thiophene rings is 1. The Kier molecular flexibility index (Phi) is 7.86. The summed E-state index contributed by atoms with van der Waals surface area (Å²) in [5.41, 5.74) is 0.144. The number of piperidine rings is 1. The summed E-state index contributed by atoms with van der Waals surface area (Å²) >= 11 is 1.01. The predicted octanol–water partition coefficient (Wildman–Crippen LogP) is 3.80. The van der Waals surface area contributed by atoms with E-state index in [-0.39, 0.29) is 27.8 Å². The summed E-state index contributed by atoms with van der Waals surface area (Å²) in [4.78, 5) is 26.6. The number of halogens is 1. The largest absolute Gasteiger partial charge is 0.324 e. The van der Waals surface area contributed by atoms with Crippen molar-refractivity contribution in [1.82, 2.24) is 9.21 Å². The fraction of sp³-hybridized carbons (Fsp3) is 0.429. The Morgan fingerprint density at radius 2 is 1.75 bits per heavy atom. The van der Waals surface area contributed by atoms with Crippen molar-refractivity contribution in [3.05, 3.63) is 42.2 Å². The SMILES string of the molecule is CCN(CC)S(=O)(=O)c1ccc(NC(=O)N2CCC(C(=O)Nc3ccccc3F)CC2)s1. The van der Waals surface area contributed by atoms with Crippen molar-refractivity contribution in [2.24, 2.45) is 5.92 Å². The number of carbonyl (C=O) groups excluding carboxylic acids is 2. The Labute approximate surface area is 191 Å². The van der Waals surface area contributed by atoms with E-state index in [4.69, 9.17) is 0 Å². The van der Waals surface area contributed by atoms with E-state index in [9.17, 15) is 22.4 Å². The molecule has 2 N–H and O–H groups in total. The van der Waals surface area contributed by atoms with Crippen LogP contribution in [0.3, 0.4) is 0 Å². The maximum absolute atomic E-state index is 13.7. The summed E-state index contributed by atoms with van der Waals surface area (Å²) < 4.78 is 40.5. The molecule has 0 unspecified atom stereocenters. The van der Waals surface area contributed by atoms with Gasteiger partial charge in [0.05, 0.1) is 10.7 Å². The molecular formula is C21H27FN4O4S2. The number of urea groups is 1. The molecule has 0 aliphatic carbocycles. The van der Waals surface area contributed by atoms with Gasteiger partial charge in [0.25, 0.3) is 10.0 Å². The number of nitrogens with one attached hydrogen (secondary N) is 2. The number of nitrogens with zero attached hydrogens (tertiary/aromatic N) is 2. The van der Waals surface area contributed by atoms with Crippen molar-refractivity contribution in [3.8, 4) is 0 Å². The zero-order valence-electron chi connectivity index (χ0n) is 18.0. The van der Waals surface area contributed by atoms with Gasteiger partial charge in [-0.3, -0.25) is 10.1 Å². The number of benzene rings is 1. The lowest BCUT2D eigenvalue weighted by atomic mass is 9.96. The number of sulfonamides is 1. The molecular weight excluding hydrogens is 455 g/mol. The number of carbonyl (C=O) groups is 2. The van der Waals surface area contributed by atoms with E-state index >= 15 is 0 Å². The third-order valence-corrected chi connectivity index (χ3v) is 8.91. The first-order chi connectivity index (χ1) is 15.3. The van der Waals surface area contributed by atoms with E-state index in [1.165, 1.54) is 22.5 Å². The molecule has 2 aromatic rings. The summed E-state index contributed by atoms with van der Waals surface area (Å²) in [5.74, 6) is -1.07. The highest BCUT2D eigenvalue weighted by Crippen LogP contribution is 2.29. The standard InChI is InChI=1S/C21H27FN4O4S2/c1-3-26(4-2)32(29,30)19-10-9-18(31-19)24-21(28)25-13-11-15(12-14-25)20(27)23-17-8-6-5-7-16(17)22/h5-10,15H,3-4,11-14H2,1-2H3,(H,23,27)(H,24,28). The molecule has 174 valence electrons. The monoisotopic (exact) mass is 482 g/mol. The van der Waals surface area contributed by atoms with Gasteiger partial charge in [0.2, 0.25) is 5.91 Å².